The molecule has 0 heterocycles. The fourth-order valence-electron chi connectivity index (χ4n) is 1.42. The van der Waals surface area contributed by atoms with Gasteiger partial charge in [0.05, 0.1) is 22.7 Å². The summed E-state index contributed by atoms with van der Waals surface area (Å²) in [6.07, 6.45) is 0.599. The van der Waals surface area contributed by atoms with Crippen LogP contribution in [0.1, 0.15) is 20.7 Å². The lowest BCUT2D eigenvalue weighted by atomic mass is 10.2. The summed E-state index contributed by atoms with van der Waals surface area (Å²) in [7, 11) is 1.25. The van der Waals surface area contributed by atoms with Crippen molar-refractivity contribution in [2.75, 3.05) is 7.11 Å². The predicted octanol–water partition coefficient (Wildman–Crippen LogP) is 3.69. The normalized spacial score (nSPS) is 9.41. The van der Waals surface area contributed by atoms with Crippen molar-refractivity contribution in [1.29, 1.82) is 0 Å². The molecule has 0 aliphatic carbocycles. The van der Waals surface area contributed by atoms with Crippen molar-refractivity contribution >= 4 is 35.5 Å². The van der Waals surface area contributed by atoms with Crippen molar-refractivity contribution in [3.63, 3.8) is 0 Å². The molecule has 0 fully saturated rings. The van der Waals surface area contributed by atoms with Crippen LogP contribution in [0.4, 0.5) is 0 Å². The average molecular weight is 343 g/mol. The molecule has 0 spiro atoms. The van der Waals surface area contributed by atoms with Crippen molar-refractivity contribution in [1.82, 2.24) is 0 Å². The zero-order valence-corrected chi connectivity index (χ0v) is 12.9. The number of hydrogen-bond acceptors (Lipinski definition) is 5. The molecule has 0 amide bonds. The molecule has 2 N–H and O–H groups in total. The van der Waals surface area contributed by atoms with Crippen LogP contribution < -0.4 is 0 Å². The minimum atomic E-state index is -0.559. The molecule has 22 heavy (non-hydrogen) atoms. The van der Waals surface area contributed by atoms with Crippen molar-refractivity contribution in [2.24, 2.45) is 0 Å². The van der Waals surface area contributed by atoms with Crippen LogP contribution in [0.2, 0.25) is 10.0 Å². The number of carbonyl (C=O) groups excluding carboxylic acids is 2. The summed E-state index contributed by atoms with van der Waals surface area (Å²) < 4.78 is 4.44. The van der Waals surface area contributed by atoms with E-state index in [1.807, 2.05) is 0 Å². The summed E-state index contributed by atoms with van der Waals surface area (Å²) in [6.45, 7) is 0. The Morgan fingerprint density at radius 2 is 1.59 bits per heavy atom. The maximum atomic E-state index is 11.0. The molecule has 0 aliphatic rings. The fraction of sp³-hybridized carbons (Fsp3) is 0.0667. The zero-order valence-electron chi connectivity index (χ0n) is 11.4. The third-order valence-electron chi connectivity index (χ3n) is 2.52. The molecule has 7 heteroatoms. The van der Waals surface area contributed by atoms with Crippen LogP contribution in [-0.2, 0) is 4.74 Å². The first-order chi connectivity index (χ1) is 10.4. The Morgan fingerprint density at radius 1 is 1.05 bits per heavy atom. The molecule has 0 bridgehead atoms. The van der Waals surface area contributed by atoms with Gasteiger partial charge in [-0.15, -0.1) is 0 Å². The minimum absolute atomic E-state index is 0.0179. The molecule has 2 aromatic rings. The average Bonchev–Trinajstić information content (AvgIpc) is 2.52. The number of aromatic hydroxyl groups is 2. The van der Waals surface area contributed by atoms with Gasteiger partial charge in [0, 0.05) is 5.56 Å². The number of ether oxygens (including phenoxy) is 1. The first-order valence-corrected chi connectivity index (χ1v) is 6.66. The van der Waals surface area contributed by atoms with Gasteiger partial charge in [-0.1, -0.05) is 35.3 Å². The highest BCUT2D eigenvalue weighted by molar-refractivity contribution is 6.35. The second kappa shape index (κ2) is 8.26. The van der Waals surface area contributed by atoms with Crippen LogP contribution >= 0.6 is 23.2 Å². The summed E-state index contributed by atoms with van der Waals surface area (Å²) in [5.74, 6) is -0.748. The molecule has 0 aliphatic heterocycles. The Balaban J connectivity index is 0.000000224. The molecule has 0 radical (unpaired) electrons. The maximum absolute atomic E-state index is 11.0. The summed E-state index contributed by atoms with van der Waals surface area (Å²) in [4.78, 5) is 21.2. The van der Waals surface area contributed by atoms with Gasteiger partial charge in [-0.05, 0) is 24.3 Å². The summed E-state index contributed by atoms with van der Waals surface area (Å²) in [5, 5.41) is 18.2. The largest absolute Gasteiger partial charge is 0.506 e. The molecular formula is C15H12Cl2O5. The van der Waals surface area contributed by atoms with Gasteiger partial charge in [-0.2, -0.15) is 0 Å². The number of methoxy groups -OCH3 is 1. The quantitative estimate of drug-likeness (QED) is 0.642. The minimum Gasteiger partial charge on any atom is -0.506 e. The van der Waals surface area contributed by atoms with E-state index in [4.69, 9.17) is 33.4 Å². The Bertz CT molecular complexity index is 686. The van der Waals surface area contributed by atoms with Crippen LogP contribution in [0.15, 0.2) is 36.4 Å². The van der Waals surface area contributed by atoms with Crippen LogP contribution in [0.3, 0.4) is 0 Å². The number of rotatable bonds is 2. The lowest BCUT2D eigenvalue weighted by Crippen LogP contribution is -2.01. The van der Waals surface area contributed by atoms with Gasteiger partial charge in [0.2, 0.25) is 0 Å². The molecule has 2 rings (SSSR count). The molecule has 0 atom stereocenters. The van der Waals surface area contributed by atoms with Gasteiger partial charge in [0.15, 0.2) is 6.29 Å². The molecule has 2 aromatic carbocycles. The first-order valence-electron chi connectivity index (χ1n) is 5.90. The van der Waals surface area contributed by atoms with Gasteiger partial charge in [-0.25, -0.2) is 4.79 Å². The Morgan fingerprint density at radius 3 is 2.09 bits per heavy atom. The van der Waals surface area contributed by atoms with Crippen molar-refractivity contribution in [3.8, 4) is 11.5 Å². The van der Waals surface area contributed by atoms with Crippen molar-refractivity contribution < 1.29 is 24.5 Å². The monoisotopic (exact) mass is 342 g/mol. The molecular weight excluding hydrogens is 331 g/mol. The van der Waals surface area contributed by atoms with Crippen molar-refractivity contribution in [3.05, 3.63) is 57.6 Å². The molecule has 5 nitrogen and oxygen atoms in total. The van der Waals surface area contributed by atoms with E-state index in [-0.39, 0.29) is 27.1 Å². The lowest BCUT2D eigenvalue weighted by Gasteiger charge is -2.02. The van der Waals surface area contributed by atoms with Gasteiger partial charge in [0.1, 0.15) is 11.5 Å². The predicted molar refractivity (Wildman–Crippen MR) is 83.0 cm³/mol. The molecule has 116 valence electrons. The van der Waals surface area contributed by atoms with E-state index in [1.165, 1.54) is 37.4 Å². The van der Waals surface area contributed by atoms with E-state index >= 15 is 0 Å². The Kier molecular flexibility index (Phi) is 6.69. The Labute approximate surface area is 136 Å². The van der Waals surface area contributed by atoms with Crippen LogP contribution in [0.5, 0.6) is 11.5 Å². The second-order valence-electron chi connectivity index (χ2n) is 3.93. The van der Waals surface area contributed by atoms with Crippen LogP contribution in [-0.4, -0.2) is 29.6 Å². The standard InChI is InChI=1S/C8H7ClO3.C7H5ClO2/c1-12-8(11)5-3-2-4-6(10)7(5)9;8-7-5(4-9)2-1-3-6(7)10/h2-4,10H,1H3;1-4,10H. The van der Waals surface area contributed by atoms with Crippen LogP contribution in [0.25, 0.3) is 0 Å². The summed E-state index contributed by atoms with van der Waals surface area (Å²) in [6, 6.07) is 8.92. The van der Waals surface area contributed by atoms with Crippen LogP contribution in [0, 0.1) is 0 Å². The van der Waals surface area contributed by atoms with E-state index in [1.54, 1.807) is 6.07 Å². The van der Waals surface area contributed by atoms with E-state index < -0.39 is 5.97 Å². The molecule has 0 saturated carbocycles. The fourth-order valence-corrected chi connectivity index (χ4v) is 1.79. The van der Waals surface area contributed by atoms with Crippen molar-refractivity contribution in [2.45, 2.75) is 0 Å². The SMILES string of the molecule is COC(=O)c1cccc(O)c1Cl.O=Cc1cccc(O)c1Cl. The number of benzene rings is 2. The van der Waals surface area contributed by atoms with E-state index in [2.05, 4.69) is 4.74 Å². The third-order valence-corrected chi connectivity index (χ3v) is 3.33. The van der Waals surface area contributed by atoms with E-state index in [9.17, 15) is 9.59 Å². The number of phenols is 2. The number of aldehydes is 1. The topological polar surface area (TPSA) is 83.8 Å². The maximum Gasteiger partial charge on any atom is 0.339 e. The number of halogens is 2. The molecule has 0 aromatic heterocycles. The summed E-state index contributed by atoms with van der Waals surface area (Å²) >= 11 is 11.1. The van der Waals surface area contributed by atoms with Gasteiger partial charge < -0.3 is 14.9 Å². The van der Waals surface area contributed by atoms with E-state index in [0.29, 0.717) is 11.8 Å². The molecule has 0 saturated heterocycles. The number of esters is 1. The second-order valence-corrected chi connectivity index (χ2v) is 4.68. The van der Waals surface area contributed by atoms with Gasteiger partial charge in [-0.3, -0.25) is 4.79 Å². The molecule has 0 unspecified atom stereocenters. The van der Waals surface area contributed by atoms with Gasteiger partial charge in [0.25, 0.3) is 0 Å². The number of phenolic OH excluding ortho intramolecular Hbond substituents is 2. The van der Waals surface area contributed by atoms with Gasteiger partial charge >= 0.3 is 5.97 Å². The highest BCUT2D eigenvalue weighted by atomic mass is 35.5. The lowest BCUT2D eigenvalue weighted by molar-refractivity contribution is 0.0600. The Hall–Kier alpha value is -2.24. The number of carbonyl (C=O) groups is 2. The highest BCUT2D eigenvalue weighted by Gasteiger charge is 2.12. The number of hydrogen-bond donors (Lipinski definition) is 2. The zero-order chi connectivity index (χ0) is 16.7. The highest BCUT2D eigenvalue weighted by Crippen LogP contribution is 2.27. The summed E-state index contributed by atoms with van der Waals surface area (Å²) in [5.41, 5.74) is 0.473. The first kappa shape index (κ1) is 17.8. The third kappa shape index (κ3) is 4.38. The van der Waals surface area contributed by atoms with E-state index in [0.717, 1.165) is 0 Å². The smallest absolute Gasteiger partial charge is 0.339 e.